The number of benzene rings is 2. The van der Waals surface area contributed by atoms with Gasteiger partial charge < -0.3 is 5.73 Å². The Balaban J connectivity index is 2.39. The third-order valence-corrected chi connectivity index (χ3v) is 5.70. The van der Waals surface area contributed by atoms with Gasteiger partial charge in [-0.1, -0.05) is 35.9 Å². The van der Waals surface area contributed by atoms with Gasteiger partial charge in [0.15, 0.2) is 0 Å². The topological polar surface area (TPSA) is 63.4 Å². The molecule has 0 spiro atoms. The van der Waals surface area contributed by atoms with Crippen LogP contribution < -0.4 is 5.73 Å². The molecule has 0 aliphatic rings. The fourth-order valence-corrected chi connectivity index (χ4v) is 3.75. The average Bonchev–Trinajstić information content (AvgIpc) is 2.46. The van der Waals surface area contributed by atoms with Crippen molar-refractivity contribution >= 4 is 27.3 Å². The normalized spacial score (nSPS) is 13.3. The van der Waals surface area contributed by atoms with Crippen molar-refractivity contribution in [1.82, 2.24) is 4.31 Å². The number of nitrogens with two attached hydrogens (primary N) is 1. The monoisotopic (exact) mass is 324 g/mol. The van der Waals surface area contributed by atoms with E-state index in [1.165, 1.54) is 23.5 Å². The minimum atomic E-state index is -3.63. The molecule has 0 bridgehead atoms. The smallest absolute Gasteiger partial charge is 0.243 e. The van der Waals surface area contributed by atoms with Crippen molar-refractivity contribution in [1.29, 1.82) is 0 Å². The van der Waals surface area contributed by atoms with E-state index in [1.54, 1.807) is 25.1 Å². The average molecular weight is 325 g/mol. The molecule has 0 heterocycles. The van der Waals surface area contributed by atoms with Crippen molar-refractivity contribution in [2.75, 3.05) is 12.8 Å². The zero-order valence-electron chi connectivity index (χ0n) is 11.8. The van der Waals surface area contributed by atoms with Crippen LogP contribution in [0.15, 0.2) is 53.4 Å². The predicted octanol–water partition coefficient (Wildman–Crippen LogP) is 3.30. The molecule has 0 aliphatic carbocycles. The van der Waals surface area contributed by atoms with Gasteiger partial charge in [0.05, 0.1) is 4.90 Å². The van der Waals surface area contributed by atoms with Gasteiger partial charge in [-0.15, -0.1) is 0 Å². The van der Waals surface area contributed by atoms with Gasteiger partial charge in [-0.3, -0.25) is 0 Å². The van der Waals surface area contributed by atoms with E-state index in [4.69, 9.17) is 17.3 Å². The second-order valence-corrected chi connectivity index (χ2v) is 7.20. The van der Waals surface area contributed by atoms with E-state index in [1.807, 2.05) is 18.2 Å². The predicted molar refractivity (Wildman–Crippen MR) is 85.7 cm³/mol. The molecule has 2 aromatic rings. The molecule has 0 radical (unpaired) electrons. The minimum absolute atomic E-state index is 0.170. The van der Waals surface area contributed by atoms with Crippen molar-refractivity contribution in [2.45, 2.75) is 17.9 Å². The van der Waals surface area contributed by atoms with Crippen LogP contribution in [0.3, 0.4) is 0 Å². The van der Waals surface area contributed by atoms with Crippen LogP contribution in [0.25, 0.3) is 0 Å². The van der Waals surface area contributed by atoms with Crippen LogP contribution in [-0.4, -0.2) is 19.8 Å². The van der Waals surface area contributed by atoms with Gasteiger partial charge in [-0.2, -0.15) is 4.31 Å². The maximum Gasteiger partial charge on any atom is 0.243 e. The molecule has 1 unspecified atom stereocenters. The molecule has 6 heteroatoms. The van der Waals surface area contributed by atoms with Crippen LogP contribution >= 0.6 is 11.6 Å². The maximum atomic E-state index is 12.6. The molecule has 2 rings (SSSR count). The van der Waals surface area contributed by atoms with E-state index in [0.29, 0.717) is 10.7 Å². The molecule has 0 aromatic heterocycles. The summed E-state index contributed by atoms with van der Waals surface area (Å²) in [5.41, 5.74) is 6.83. The van der Waals surface area contributed by atoms with Crippen molar-refractivity contribution in [3.8, 4) is 0 Å². The number of rotatable bonds is 4. The molecule has 2 N–H and O–H groups in total. The number of nitrogens with zero attached hydrogens (tertiary/aromatic N) is 1. The Bertz CT molecular complexity index is 747. The fourth-order valence-electron chi connectivity index (χ4n) is 2.06. The standard InChI is InChI=1S/C15H17ClN2O2S/c1-11(14-8-3-4-9-15(14)16)18(2)21(19,20)13-7-5-6-12(17)10-13/h3-11H,17H2,1-2H3. The van der Waals surface area contributed by atoms with Gasteiger partial charge in [0, 0.05) is 23.8 Å². The summed E-state index contributed by atoms with van der Waals surface area (Å²) in [5, 5.41) is 0.541. The van der Waals surface area contributed by atoms with E-state index in [9.17, 15) is 8.42 Å². The first-order valence-electron chi connectivity index (χ1n) is 6.42. The van der Waals surface area contributed by atoms with E-state index in [2.05, 4.69) is 0 Å². The van der Waals surface area contributed by atoms with Crippen LogP contribution in [0, 0.1) is 0 Å². The molecule has 112 valence electrons. The van der Waals surface area contributed by atoms with E-state index >= 15 is 0 Å². The summed E-state index contributed by atoms with van der Waals surface area (Å²) < 4.78 is 26.6. The van der Waals surface area contributed by atoms with Crippen LogP contribution in [0.5, 0.6) is 0 Å². The first kappa shape index (κ1) is 15.8. The SMILES string of the molecule is CC(c1ccccc1Cl)N(C)S(=O)(=O)c1cccc(N)c1. The number of sulfonamides is 1. The van der Waals surface area contributed by atoms with Gasteiger partial charge in [0.1, 0.15) is 0 Å². The summed E-state index contributed by atoms with van der Waals surface area (Å²) in [5.74, 6) is 0. The Labute approximate surface area is 130 Å². The third kappa shape index (κ3) is 3.20. The highest BCUT2D eigenvalue weighted by molar-refractivity contribution is 7.89. The summed E-state index contributed by atoms with van der Waals surface area (Å²) in [6.45, 7) is 1.80. The summed E-state index contributed by atoms with van der Waals surface area (Å²) in [6.07, 6.45) is 0. The van der Waals surface area contributed by atoms with Crippen molar-refractivity contribution in [3.63, 3.8) is 0 Å². The third-order valence-electron chi connectivity index (χ3n) is 3.44. The lowest BCUT2D eigenvalue weighted by Gasteiger charge is -2.25. The number of halogens is 1. The van der Waals surface area contributed by atoms with E-state index < -0.39 is 10.0 Å². The molecule has 4 nitrogen and oxygen atoms in total. The molecular formula is C15H17ClN2O2S. The van der Waals surface area contributed by atoms with Crippen LogP contribution in [0.4, 0.5) is 5.69 Å². The highest BCUT2D eigenvalue weighted by Gasteiger charge is 2.27. The molecule has 0 amide bonds. The lowest BCUT2D eigenvalue weighted by Crippen LogP contribution is -2.30. The summed E-state index contributed by atoms with van der Waals surface area (Å²) in [7, 11) is -2.10. The second kappa shape index (κ2) is 6.05. The Morgan fingerprint density at radius 3 is 2.43 bits per heavy atom. The van der Waals surface area contributed by atoms with Gasteiger partial charge in [0.25, 0.3) is 0 Å². The van der Waals surface area contributed by atoms with Gasteiger partial charge >= 0.3 is 0 Å². The first-order chi connectivity index (χ1) is 9.84. The summed E-state index contributed by atoms with van der Waals surface area (Å²) in [6, 6.07) is 13.1. The Hall–Kier alpha value is -1.56. The molecule has 2 aromatic carbocycles. The second-order valence-electron chi connectivity index (χ2n) is 4.79. The highest BCUT2D eigenvalue weighted by Crippen LogP contribution is 2.30. The molecule has 1 atom stereocenters. The van der Waals surface area contributed by atoms with Crippen molar-refractivity contribution in [3.05, 3.63) is 59.1 Å². The fraction of sp³-hybridized carbons (Fsp3) is 0.200. The summed E-state index contributed by atoms with van der Waals surface area (Å²) in [4.78, 5) is 0.170. The van der Waals surface area contributed by atoms with Crippen molar-refractivity contribution < 1.29 is 8.42 Å². The molecule has 0 fully saturated rings. The molecule has 0 aliphatic heterocycles. The summed E-state index contributed by atoms with van der Waals surface area (Å²) >= 11 is 6.14. The molecule has 0 saturated carbocycles. The van der Waals surface area contributed by atoms with Gasteiger partial charge in [-0.25, -0.2) is 8.42 Å². The number of hydrogen-bond donors (Lipinski definition) is 1. The number of hydrogen-bond acceptors (Lipinski definition) is 3. The Morgan fingerprint density at radius 1 is 1.14 bits per heavy atom. The number of anilines is 1. The van der Waals surface area contributed by atoms with Crippen LogP contribution in [-0.2, 0) is 10.0 Å². The maximum absolute atomic E-state index is 12.6. The first-order valence-corrected chi connectivity index (χ1v) is 8.24. The van der Waals surface area contributed by atoms with E-state index in [0.717, 1.165) is 5.56 Å². The van der Waals surface area contributed by atoms with Crippen molar-refractivity contribution in [2.24, 2.45) is 0 Å². The molecular weight excluding hydrogens is 308 g/mol. The Morgan fingerprint density at radius 2 is 1.81 bits per heavy atom. The Kier molecular flexibility index (Phi) is 4.56. The lowest BCUT2D eigenvalue weighted by atomic mass is 10.1. The lowest BCUT2D eigenvalue weighted by molar-refractivity contribution is 0.398. The van der Waals surface area contributed by atoms with Crippen LogP contribution in [0.1, 0.15) is 18.5 Å². The largest absolute Gasteiger partial charge is 0.399 e. The number of nitrogen functional groups attached to an aromatic ring is 1. The van der Waals surface area contributed by atoms with Crippen LogP contribution in [0.2, 0.25) is 5.02 Å². The quantitative estimate of drug-likeness (QED) is 0.878. The molecule has 0 saturated heterocycles. The van der Waals surface area contributed by atoms with Gasteiger partial charge in [-0.05, 0) is 36.8 Å². The van der Waals surface area contributed by atoms with Gasteiger partial charge in [0.2, 0.25) is 10.0 Å². The zero-order chi connectivity index (χ0) is 15.6. The van der Waals surface area contributed by atoms with E-state index in [-0.39, 0.29) is 10.9 Å². The molecule has 21 heavy (non-hydrogen) atoms. The minimum Gasteiger partial charge on any atom is -0.399 e. The highest BCUT2D eigenvalue weighted by atomic mass is 35.5. The zero-order valence-corrected chi connectivity index (χ0v) is 13.4.